The summed E-state index contributed by atoms with van der Waals surface area (Å²) in [6.07, 6.45) is 9.00. The van der Waals surface area contributed by atoms with Crippen molar-refractivity contribution in [3.63, 3.8) is 0 Å². The van der Waals surface area contributed by atoms with Gasteiger partial charge in [-0.3, -0.25) is 0 Å². The lowest BCUT2D eigenvalue weighted by molar-refractivity contribution is 0.0109. The van der Waals surface area contributed by atoms with Crippen LogP contribution in [-0.2, 0) is 17.8 Å². The minimum Gasteiger partial charge on any atom is -0.374 e. The topological polar surface area (TPSA) is 33.0 Å². The van der Waals surface area contributed by atoms with E-state index in [1.807, 2.05) is 0 Å². The molecule has 1 aromatic carbocycles. The maximum atomic E-state index is 13.0. The van der Waals surface area contributed by atoms with E-state index in [1.165, 1.54) is 30.0 Å². The zero-order valence-corrected chi connectivity index (χ0v) is 13.9. The first-order chi connectivity index (χ1) is 11.2. The van der Waals surface area contributed by atoms with E-state index < -0.39 is 5.83 Å². The quantitative estimate of drug-likeness (QED) is 0.624. The third kappa shape index (κ3) is 6.15. The van der Waals surface area contributed by atoms with Crippen molar-refractivity contribution in [2.24, 2.45) is 5.92 Å². The van der Waals surface area contributed by atoms with Gasteiger partial charge in [-0.2, -0.15) is 9.65 Å². The largest absolute Gasteiger partial charge is 0.374 e. The molecular weight excluding hydrogens is 289 g/mol. The summed E-state index contributed by atoms with van der Waals surface area (Å²) in [4.78, 5) is 0. The molecule has 23 heavy (non-hydrogen) atoms. The van der Waals surface area contributed by atoms with Crippen LogP contribution in [0.4, 0.5) is 4.39 Å². The molecule has 0 spiro atoms. The van der Waals surface area contributed by atoms with Crippen LogP contribution in [0.1, 0.15) is 56.6 Å². The van der Waals surface area contributed by atoms with E-state index in [1.54, 1.807) is 6.07 Å². The van der Waals surface area contributed by atoms with Gasteiger partial charge in [0.15, 0.2) is 5.83 Å². The minimum atomic E-state index is -0.655. The van der Waals surface area contributed by atoms with E-state index >= 15 is 0 Å². The molecule has 1 saturated carbocycles. The summed E-state index contributed by atoms with van der Waals surface area (Å²) < 4.78 is 19.0. The fourth-order valence-corrected chi connectivity index (χ4v) is 3.06. The standard InChI is InChI=1S/C20H26FNO/c1-2-3-4-16-5-7-18(8-6-16)15-23-20-11-9-17(10-12-20)13-19(21)14-22/h5-8,13,17,20H,2-4,9-12,15H2,1H3/b19-13+. The second-order valence-electron chi connectivity index (χ2n) is 6.39. The smallest absolute Gasteiger partial charge is 0.196 e. The minimum absolute atomic E-state index is 0.187. The Balaban J connectivity index is 1.72. The van der Waals surface area contributed by atoms with Gasteiger partial charge in [-0.25, -0.2) is 0 Å². The van der Waals surface area contributed by atoms with Crippen LogP contribution in [-0.4, -0.2) is 6.10 Å². The molecule has 0 bridgehead atoms. The van der Waals surface area contributed by atoms with E-state index in [2.05, 4.69) is 31.2 Å². The van der Waals surface area contributed by atoms with Gasteiger partial charge < -0.3 is 4.74 Å². The molecule has 3 heteroatoms. The number of rotatable bonds is 7. The van der Waals surface area contributed by atoms with Crippen molar-refractivity contribution in [3.05, 3.63) is 47.3 Å². The van der Waals surface area contributed by atoms with Crippen LogP contribution in [0.25, 0.3) is 0 Å². The van der Waals surface area contributed by atoms with Crippen molar-refractivity contribution < 1.29 is 9.13 Å². The highest BCUT2D eigenvalue weighted by atomic mass is 19.1. The molecule has 0 unspecified atom stereocenters. The predicted octanol–water partition coefficient (Wildman–Crippen LogP) is 5.48. The summed E-state index contributed by atoms with van der Waals surface area (Å²) in [7, 11) is 0. The van der Waals surface area contributed by atoms with Crippen molar-refractivity contribution >= 4 is 0 Å². The highest BCUT2D eigenvalue weighted by Gasteiger charge is 2.20. The SMILES string of the molecule is CCCCc1ccc(COC2CCC(/C=C(/F)C#N)CC2)cc1. The van der Waals surface area contributed by atoms with Gasteiger partial charge in [-0.15, -0.1) is 0 Å². The second-order valence-corrected chi connectivity index (χ2v) is 6.39. The molecule has 0 N–H and O–H groups in total. The number of nitrogens with zero attached hydrogens (tertiary/aromatic N) is 1. The van der Waals surface area contributed by atoms with Gasteiger partial charge in [-0.05, 0) is 61.6 Å². The van der Waals surface area contributed by atoms with Gasteiger partial charge in [0.25, 0.3) is 0 Å². The Morgan fingerprint density at radius 2 is 1.87 bits per heavy atom. The van der Waals surface area contributed by atoms with Gasteiger partial charge in [-0.1, -0.05) is 37.6 Å². The predicted molar refractivity (Wildman–Crippen MR) is 90.4 cm³/mol. The Morgan fingerprint density at radius 1 is 1.22 bits per heavy atom. The number of ether oxygens (including phenoxy) is 1. The van der Waals surface area contributed by atoms with E-state index in [4.69, 9.17) is 10.00 Å². The number of halogens is 1. The number of hydrogen-bond donors (Lipinski definition) is 0. The highest BCUT2D eigenvalue weighted by Crippen LogP contribution is 2.28. The van der Waals surface area contributed by atoms with Crippen LogP contribution in [0.2, 0.25) is 0 Å². The molecule has 0 radical (unpaired) electrons. The van der Waals surface area contributed by atoms with Gasteiger partial charge in [0.2, 0.25) is 0 Å². The first kappa shape index (κ1) is 17.7. The lowest BCUT2D eigenvalue weighted by Crippen LogP contribution is -2.20. The van der Waals surface area contributed by atoms with E-state index in [-0.39, 0.29) is 12.0 Å². The van der Waals surface area contributed by atoms with Gasteiger partial charge in [0, 0.05) is 0 Å². The van der Waals surface area contributed by atoms with Crippen molar-refractivity contribution in [2.45, 2.75) is 64.6 Å². The summed E-state index contributed by atoms with van der Waals surface area (Å²) in [6, 6.07) is 10.2. The molecule has 1 aliphatic rings. The molecule has 0 amide bonds. The Morgan fingerprint density at radius 3 is 2.48 bits per heavy atom. The van der Waals surface area contributed by atoms with Crippen molar-refractivity contribution in [3.8, 4) is 6.07 Å². The number of aryl methyl sites for hydroxylation is 1. The Hall–Kier alpha value is -1.66. The number of unbranched alkanes of at least 4 members (excludes halogenated alkanes) is 1. The van der Waals surface area contributed by atoms with Gasteiger partial charge >= 0.3 is 0 Å². The molecule has 0 atom stereocenters. The average molecular weight is 315 g/mol. The fourth-order valence-electron chi connectivity index (χ4n) is 3.06. The monoisotopic (exact) mass is 315 g/mol. The third-order valence-corrected chi connectivity index (χ3v) is 4.54. The lowest BCUT2D eigenvalue weighted by atomic mass is 9.87. The molecule has 2 rings (SSSR count). The molecular formula is C20H26FNO. The molecule has 2 nitrogen and oxygen atoms in total. The van der Waals surface area contributed by atoms with Crippen LogP contribution < -0.4 is 0 Å². The van der Waals surface area contributed by atoms with Crippen LogP contribution in [0.15, 0.2) is 36.2 Å². The van der Waals surface area contributed by atoms with Gasteiger partial charge in [0.05, 0.1) is 12.7 Å². The van der Waals surface area contributed by atoms with E-state index in [0.29, 0.717) is 6.61 Å². The summed E-state index contributed by atoms with van der Waals surface area (Å²) >= 11 is 0. The van der Waals surface area contributed by atoms with Crippen molar-refractivity contribution in [1.29, 1.82) is 5.26 Å². The average Bonchev–Trinajstić information content (AvgIpc) is 2.60. The number of nitriles is 1. The van der Waals surface area contributed by atoms with Crippen LogP contribution in [0.5, 0.6) is 0 Å². The normalized spacial score (nSPS) is 21.9. The first-order valence-corrected chi connectivity index (χ1v) is 8.68. The Labute approximate surface area is 139 Å². The van der Waals surface area contributed by atoms with Gasteiger partial charge in [0.1, 0.15) is 6.07 Å². The van der Waals surface area contributed by atoms with Crippen LogP contribution >= 0.6 is 0 Å². The van der Waals surface area contributed by atoms with Crippen molar-refractivity contribution in [1.82, 2.24) is 0 Å². The molecule has 1 fully saturated rings. The maximum absolute atomic E-state index is 13.0. The molecule has 0 heterocycles. The molecule has 1 aromatic rings. The highest BCUT2D eigenvalue weighted by molar-refractivity contribution is 5.22. The molecule has 124 valence electrons. The maximum Gasteiger partial charge on any atom is 0.196 e. The first-order valence-electron chi connectivity index (χ1n) is 8.68. The molecule has 0 aromatic heterocycles. The summed E-state index contributed by atoms with van der Waals surface area (Å²) in [5, 5.41) is 8.48. The Kier molecular flexibility index (Phi) is 7.29. The molecule has 0 saturated heterocycles. The van der Waals surface area contributed by atoms with E-state index in [0.717, 1.165) is 32.1 Å². The summed E-state index contributed by atoms with van der Waals surface area (Å²) in [6.45, 7) is 2.85. The molecule has 1 aliphatic carbocycles. The molecule has 0 aliphatic heterocycles. The van der Waals surface area contributed by atoms with Crippen LogP contribution in [0.3, 0.4) is 0 Å². The Bertz CT molecular complexity index is 536. The van der Waals surface area contributed by atoms with E-state index in [9.17, 15) is 4.39 Å². The van der Waals surface area contributed by atoms with Crippen molar-refractivity contribution in [2.75, 3.05) is 0 Å². The lowest BCUT2D eigenvalue weighted by Gasteiger charge is -2.26. The number of allylic oxidation sites excluding steroid dienone is 2. The summed E-state index contributed by atoms with van der Waals surface area (Å²) in [5.41, 5.74) is 2.60. The third-order valence-electron chi connectivity index (χ3n) is 4.54. The second kappa shape index (κ2) is 9.47. The zero-order chi connectivity index (χ0) is 16.5. The number of benzene rings is 1. The summed E-state index contributed by atoms with van der Waals surface area (Å²) in [5.74, 6) is -0.468. The number of hydrogen-bond acceptors (Lipinski definition) is 2. The fraction of sp³-hybridized carbons (Fsp3) is 0.550. The zero-order valence-electron chi connectivity index (χ0n) is 13.9. The van der Waals surface area contributed by atoms with Crippen LogP contribution in [0, 0.1) is 17.2 Å².